The molecule has 2 rings (SSSR count). The predicted molar refractivity (Wildman–Crippen MR) is 60.1 cm³/mol. The second-order valence-electron chi connectivity index (χ2n) is 5.41. The molecule has 0 radical (unpaired) electrons. The van der Waals surface area contributed by atoms with Crippen LogP contribution in [-0.2, 0) is 5.41 Å². The number of halogens is 1. The fraction of sp³-hybridized carbons (Fsp3) is 0.818. The van der Waals surface area contributed by atoms with Crippen LogP contribution < -0.4 is 5.32 Å². The standard InChI is InChI=1S/C11H19FN4/c1-11(2,3)10-7-16(15-14-10)9-4-5-13-6-8(9)12/h7-9,13H,4-6H2,1-3H3/t8-,9-/m1/s1. The van der Waals surface area contributed by atoms with Crippen molar-refractivity contribution in [3.05, 3.63) is 11.9 Å². The lowest BCUT2D eigenvalue weighted by Crippen LogP contribution is -2.39. The Morgan fingerprint density at radius 1 is 1.50 bits per heavy atom. The smallest absolute Gasteiger partial charge is 0.135 e. The molecule has 4 nitrogen and oxygen atoms in total. The van der Waals surface area contributed by atoms with Crippen LogP contribution in [0.2, 0.25) is 0 Å². The van der Waals surface area contributed by atoms with E-state index in [2.05, 4.69) is 36.4 Å². The molecule has 2 heterocycles. The molecular weight excluding hydrogens is 207 g/mol. The van der Waals surface area contributed by atoms with Gasteiger partial charge in [0.2, 0.25) is 0 Å². The first-order valence-electron chi connectivity index (χ1n) is 5.75. The Morgan fingerprint density at radius 3 is 2.81 bits per heavy atom. The molecule has 0 bridgehead atoms. The molecule has 1 fully saturated rings. The van der Waals surface area contributed by atoms with Gasteiger partial charge in [-0.25, -0.2) is 9.07 Å². The van der Waals surface area contributed by atoms with Crippen LogP contribution in [0.4, 0.5) is 4.39 Å². The quantitative estimate of drug-likeness (QED) is 0.788. The van der Waals surface area contributed by atoms with Crippen molar-refractivity contribution in [2.24, 2.45) is 0 Å². The van der Waals surface area contributed by atoms with E-state index in [1.807, 2.05) is 6.20 Å². The lowest BCUT2D eigenvalue weighted by Gasteiger charge is -2.26. The molecule has 0 aliphatic carbocycles. The van der Waals surface area contributed by atoms with Gasteiger partial charge in [0.05, 0.1) is 11.7 Å². The highest BCUT2D eigenvalue weighted by Crippen LogP contribution is 2.24. The van der Waals surface area contributed by atoms with Gasteiger partial charge in [-0.3, -0.25) is 0 Å². The van der Waals surface area contributed by atoms with E-state index in [4.69, 9.17) is 0 Å². The highest BCUT2D eigenvalue weighted by molar-refractivity contribution is 5.07. The SMILES string of the molecule is CC(C)(C)c1cn([C@@H]2CCNC[C@H]2F)nn1. The van der Waals surface area contributed by atoms with Crippen LogP contribution in [0.15, 0.2) is 6.20 Å². The summed E-state index contributed by atoms with van der Waals surface area (Å²) in [7, 11) is 0. The minimum absolute atomic E-state index is 0.0308. The average molecular weight is 226 g/mol. The van der Waals surface area contributed by atoms with Gasteiger partial charge in [-0.2, -0.15) is 0 Å². The Labute approximate surface area is 95.2 Å². The van der Waals surface area contributed by atoms with Crippen molar-refractivity contribution in [3.8, 4) is 0 Å². The van der Waals surface area contributed by atoms with Crippen molar-refractivity contribution in [1.82, 2.24) is 20.3 Å². The number of rotatable bonds is 1. The molecule has 1 aromatic heterocycles. The monoisotopic (exact) mass is 226 g/mol. The minimum Gasteiger partial charge on any atom is -0.314 e. The zero-order chi connectivity index (χ0) is 11.8. The lowest BCUT2D eigenvalue weighted by molar-refractivity contribution is 0.171. The molecule has 1 aromatic rings. The van der Waals surface area contributed by atoms with Crippen LogP contribution >= 0.6 is 0 Å². The summed E-state index contributed by atoms with van der Waals surface area (Å²) in [5.74, 6) is 0. The van der Waals surface area contributed by atoms with Gasteiger partial charge >= 0.3 is 0 Å². The summed E-state index contributed by atoms with van der Waals surface area (Å²) < 4.78 is 15.4. The zero-order valence-corrected chi connectivity index (χ0v) is 10.1. The van der Waals surface area contributed by atoms with Crippen LogP contribution in [0, 0.1) is 0 Å². The third-order valence-electron chi connectivity index (χ3n) is 2.99. The van der Waals surface area contributed by atoms with E-state index in [0.717, 1.165) is 18.7 Å². The van der Waals surface area contributed by atoms with E-state index < -0.39 is 6.17 Å². The Bertz CT molecular complexity index is 355. The highest BCUT2D eigenvalue weighted by atomic mass is 19.1. The second kappa shape index (κ2) is 4.13. The minimum atomic E-state index is -0.872. The number of nitrogens with one attached hydrogen (secondary N) is 1. The second-order valence-corrected chi connectivity index (χ2v) is 5.41. The van der Waals surface area contributed by atoms with Crippen LogP contribution in [0.5, 0.6) is 0 Å². The molecular formula is C11H19FN4. The van der Waals surface area contributed by atoms with Gasteiger partial charge in [0, 0.05) is 18.2 Å². The lowest BCUT2D eigenvalue weighted by atomic mass is 9.93. The molecule has 5 heteroatoms. The summed E-state index contributed by atoms with van der Waals surface area (Å²) in [6, 6.07) is -0.162. The van der Waals surface area contributed by atoms with Gasteiger partial charge in [-0.05, 0) is 13.0 Å². The molecule has 1 saturated heterocycles. The van der Waals surface area contributed by atoms with E-state index in [1.165, 1.54) is 0 Å². The fourth-order valence-corrected chi connectivity index (χ4v) is 1.89. The maximum absolute atomic E-state index is 13.7. The zero-order valence-electron chi connectivity index (χ0n) is 10.1. The summed E-state index contributed by atoms with van der Waals surface area (Å²) in [5, 5.41) is 11.2. The maximum atomic E-state index is 13.7. The molecule has 90 valence electrons. The highest BCUT2D eigenvalue weighted by Gasteiger charge is 2.28. The Kier molecular flexibility index (Phi) is 2.97. The van der Waals surface area contributed by atoms with Crippen molar-refractivity contribution >= 4 is 0 Å². The van der Waals surface area contributed by atoms with E-state index in [9.17, 15) is 4.39 Å². The molecule has 0 aromatic carbocycles. The van der Waals surface area contributed by atoms with E-state index >= 15 is 0 Å². The summed E-state index contributed by atoms with van der Waals surface area (Å²) in [6.45, 7) is 7.50. The van der Waals surface area contributed by atoms with Gasteiger partial charge in [0.1, 0.15) is 6.17 Å². The van der Waals surface area contributed by atoms with Gasteiger partial charge < -0.3 is 5.32 Å². The third-order valence-corrected chi connectivity index (χ3v) is 2.99. The first kappa shape index (κ1) is 11.5. The number of piperidine rings is 1. The first-order valence-corrected chi connectivity index (χ1v) is 5.75. The Hall–Kier alpha value is -0.970. The summed E-state index contributed by atoms with van der Waals surface area (Å²) >= 11 is 0. The molecule has 2 atom stereocenters. The molecule has 0 amide bonds. The normalized spacial score (nSPS) is 27.0. The van der Waals surface area contributed by atoms with Crippen molar-refractivity contribution in [2.45, 2.75) is 44.8 Å². The van der Waals surface area contributed by atoms with E-state index in [1.54, 1.807) is 4.68 Å². The molecule has 1 aliphatic rings. The Balaban J connectivity index is 2.18. The molecule has 0 saturated carbocycles. The topological polar surface area (TPSA) is 42.7 Å². The summed E-state index contributed by atoms with van der Waals surface area (Å²) in [4.78, 5) is 0. The molecule has 0 unspecified atom stereocenters. The van der Waals surface area contributed by atoms with Gasteiger partial charge in [0.15, 0.2) is 0 Å². The molecule has 0 spiro atoms. The number of hydrogen-bond acceptors (Lipinski definition) is 3. The number of alkyl halides is 1. The van der Waals surface area contributed by atoms with E-state index in [0.29, 0.717) is 6.54 Å². The maximum Gasteiger partial charge on any atom is 0.135 e. The van der Waals surface area contributed by atoms with Crippen molar-refractivity contribution in [3.63, 3.8) is 0 Å². The van der Waals surface area contributed by atoms with Gasteiger partial charge in [-0.1, -0.05) is 26.0 Å². The van der Waals surface area contributed by atoms with Gasteiger partial charge in [-0.15, -0.1) is 5.10 Å². The first-order chi connectivity index (χ1) is 7.48. The van der Waals surface area contributed by atoms with Crippen LogP contribution in [0.1, 0.15) is 38.9 Å². The molecule has 16 heavy (non-hydrogen) atoms. The van der Waals surface area contributed by atoms with Crippen molar-refractivity contribution in [1.29, 1.82) is 0 Å². The van der Waals surface area contributed by atoms with E-state index in [-0.39, 0.29) is 11.5 Å². The number of hydrogen-bond donors (Lipinski definition) is 1. The molecule has 1 aliphatic heterocycles. The average Bonchev–Trinajstić information content (AvgIpc) is 2.66. The van der Waals surface area contributed by atoms with Gasteiger partial charge in [0.25, 0.3) is 0 Å². The number of nitrogens with zero attached hydrogens (tertiary/aromatic N) is 3. The predicted octanol–water partition coefficient (Wildman–Crippen LogP) is 1.45. The number of aromatic nitrogens is 3. The van der Waals surface area contributed by atoms with Crippen molar-refractivity contribution in [2.75, 3.05) is 13.1 Å². The summed E-state index contributed by atoms with van der Waals surface area (Å²) in [5.41, 5.74) is 0.884. The molecule has 1 N–H and O–H groups in total. The largest absolute Gasteiger partial charge is 0.314 e. The van der Waals surface area contributed by atoms with Crippen molar-refractivity contribution < 1.29 is 4.39 Å². The van der Waals surface area contributed by atoms with Crippen LogP contribution in [0.3, 0.4) is 0 Å². The van der Waals surface area contributed by atoms with Crippen LogP contribution in [0.25, 0.3) is 0 Å². The third kappa shape index (κ3) is 2.24. The summed E-state index contributed by atoms with van der Waals surface area (Å²) in [6.07, 6.45) is 1.78. The Morgan fingerprint density at radius 2 is 2.25 bits per heavy atom. The van der Waals surface area contributed by atoms with Crippen LogP contribution in [-0.4, -0.2) is 34.3 Å². The fourth-order valence-electron chi connectivity index (χ4n) is 1.89.